The first-order valence-electron chi connectivity index (χ1n) is 7.72. The van der Waals surface area contributed by atoms with Gasteiger partial charge in [0.15, 0.2) is 0 Å². The van der Waals surface area contributed by atoms with Gasteiger partial charge in [0.05, 0.1) is 10.5 Å². The number of nitro benzene ring substituents is 1. The Morgan fingerprint density at radius 2 is 1.96 bits per heavy atom. The highest BCUT2D eigenvalue weighted by Crippen LogP contribution is 2.26. The number of nitrogens with zero attached hydrogens (tertiary/aromatic N) is 1. The van der Waals surface area contributed by atoms with Gasteiger partial charge in [0.1, 0.15) is 12.3 Å². The van der Waals surface area contributed by atoms with Crippen molar-refractivity contribution in [2.24, 2.45) is 0 Å². The van der Waals surface area contributed by atoms with Crippen molar-refractivity contribution >= 4 is 23.5 Å². The van der Waals surface area contributed by atoms with Crippen molar-refractivity contribution in [3.63, 3.8) is 0 Å². The molecule has 0 aliphatic rings. The predicted octanol–water partition coefficient (Wildman–Crippen LogP) is 3.51. The van der Waals surface area contributed by atoms with Crippen molar-refractivity contribution in [1.82, 2.24) is 5.32 Å². The molecule has 0 radical (unpaired) electrons. The van der Waals surface area contributed by atoms with Crippen LogP contribution in [0.25, 0.3) is 6.08 Å². The van der Waals surface area contributed by atoms with Crippen molar-refractivity contribution in [2.45, 2.75) is 13.0 Å². The van der Waals surface area contributed by atoms with Crippen LogP contribution in [0.3, 0.4) is 0 Å². The highest BCUT2D eigenvalue weighted by molar-refractivity contribution is 5.72. The van der Waals surface area contributed by atoms with Crippen LogP contribution in [0.2, 0.25) is 0 Å². The fourth-order valence-corrected chi connectivity index (χ4v) is 2.17. The second-order valence-electron chi connectivity index (χ2n) is 5.22. The lowest BCUT2D eigenvalue weighted by molar-refractivity contribution is -0.384. The molecule has 7 heteroatoms. The lowest BCUT2D eigenvalue weighted by Crippen LogP contribution is -2.24. The van der Waals surface area contributed by atoms with Crippen LogP contribution in [-0.2, 0) is 11.3 Å². The Bertz CT molecular complexity index is 760. The van der Waals surface area contributed by atoms with E-state index in [4.69, 9.17) is 10.5 Å². The Labute approximate surface area is 145 Å². The summed E-state index contributed by atoms with van der Waals surface area (Å²) < 4.78 is 5.08. The third-order valence-electron chi connectivity index (χ3n) is 3.37. The number of rotatable bonds is 7. The highest BCUT2D eigenvalue weighted by atomic mass is 16.6. The second kappa shape index (κ2) is 9.07. The molecule has 3 N–H and O–H groups in total. The zero-order valence-electron chi connectivity index (χ0n) is 13.6. The maximum Gasteiger partial charge on any atom is 0.407 e. The number of carbonyl (C=O) groups excluding carboxylic acids is 1. The number of carbonyl (C=O) groups is 1. The Balaban J connectivity index is 1.76. The van der Waals surface area contributed by atoms with Crippen LogP contribution in [0, 0.1) is 10.1 Å². The molecule has 0 heterocycles. The first-order valence-corrected chi connectivity index (χ1v) is 7.72. The summed E-state index contributed by atoms with van der Waals surface area (Å²) in [7, 11) is 0. The number of nitrogens with one attached hydrogen (secondary N) is 1. The van der Waals surface area contributed by atoms with E-state index in [1.807, 2.05) is 30.3 Å². The van der Waals surface area contributed by atoms with Crippen molar-refractivity contribution in [3.8, 4) is 0 Å². The van der Waals surface area contributed by atoms with E-state index in [-0.39, 0.29) is 18.0 Å². The van der Waals surface area contributed by atoms with Gasteiger partial charge in [-0.05, 0) is 24.1 Å². The second-order valence-corrected chi connectivity index (χ2v) is 5.22. The number of benzene rings is 2. The van der Waals surface area contributed by atoms with E-state index < -0.39 is 11.0 Å². The summed E-state index contributed by atoms with van der Waals surface area (Å²) in [5.41, 5.74) is 6.96. The number of ether oxygens (including phenoxy) is 1. The summed E-state index contributed by atoms with van der Waals surface area (Å²) >= 11 is 0. The third kappa shape index (κ3) is 5.65. The average molecular weight is 341 g/mol. The number of alkyl carbamates (subject to hydrolysis) is 1. The van der Waals surface area contributed by atoms with Crippen molar-refractivity contribution in [2.75, 3.05) is 12.3 Å². The zero-order valence-corrected chi connectivity index (χ0v) is 13.6. The summed E-state index contributed by atoms with van der Waals surface area (Å²) in [4.78, 5) is 22.1. The van der Waals surface area contributed by atoms with E-state index in [0.29, 0.717) is 18.5 Å². The van der Waals surface area contributed by atoms with Crippen molar-refractivity contribution in [1.29, 1.82) is 0 Å². The van der Waals surface area contributed by atoms with Gasteiger partial charge in [0.25, 0.3) is 5.69 Å². The van der Waals surface area contributed by atoms with Crippen LogP contribution in [0.1, 0.15) is 17.5 Å². The van der Waals surface area contributed by atoms with E-state index in [1.165, 1.54) is 6.07 Å². The molecule has 0 unspecified atom stereocenters. The summed E-state index contributed by atoms with van der Waals surface area (Å²) in [5.74, 6) is 0. The van der Waals surface area contributed by atoms with Gasteiger partial charge in [0, 0.05) is 6.54 Å². The third-order valence-corrected chi connectivity index (χ3v) is 3.37. The summed E-state index contributed by atoms with van der Waals surface area (Å²) in [6, 6.07) is 14.1. The summed E-state index contributed by atoms with van der Waals surface area (Å²) in [6.07, 6.45) is 3.35. The quantitative estimate of drug-likeness (QED) is 0.347. The fraction of sp³-hybridized carbons (Fsp3) is 0.167. The molecule has 2 rings (SSSR count). The van der Waals surface area contributed by atoms with Crippen LogP contribution in [0.15, 0.2) is 54.6 Å². The van der Waals surface area contributed by atoms with Gasteiger partial charge in [-0.15, -0.1) is 0 Å². The van der Waals surface area contributed by atoms with E-state index in [0.717, 1.165) is 5.56 Å². The van der Waals surface area contributed by atoms with Gasteiger partial charge in [-0.2, -0.15) is 0 Å². The minimum absolute atomic E-state index is 0.117. The number of hydrogen-bond acceptors (Lipinski definition) is 5. The van der Waals surface area contributed by atoms with Gasteiger partial charge in [-0.1, -0.05) is 48.6 Å². The van der Waals surface area contributed by atoms with Crippen LogP contribution < -0.4 is 11.1 Å². The normalized spacial score (nSPS) is 10.6. The molecule has 130 valence electrons. The molecule has 0 aromatic heterocycles. The van der Waals surface area contributed by atoms with Gasteiger partial charge in [-0.3, -0.25) is 10.1 Å². The van der Waals surface area contributed by atoms with Crippen LogP contribution in [-0.4, -0.2) is 17.6 Å². The molecule has 25 heavy (non-hydrogen) atoms. The van der Waals surface area contributed by atoms with Crippen molar-refractivity contribution in [3.05, 3.63) is 75.8 Å². The molecular formula is C18H19N3O4. The van der Waals surface area contributed by atoms with Gasteiger partial charge >= 0.3 is 6.09 Å². The Morgan fingerprint density at radius 3 is 2.68 bits per heavy atom. The summed E-state index contributed by atoms with van der Waals surface area (Å²) in [6.45, 7) is 0.568. The molecule has 0 saturated heterocycles. The molecule has 0 aliphatic heterocycles. The van der Waals surface area contributed by atoms with E-state index >= 15 is 0 Å². The molecule has 7 nitrogen and oxygen atoms in total. The van der Waals surface area contributed by atoms with Gasteiger partial charge < -0.3 is 15.8 Å². The van der Waals surface area contributed by atoms with E-state index in [1.54, 1.807) is 24.3 Å². The molecule has 0 saturated carbocycles. The topological polar surface area (TPSA) is 107 Å². The number of nitrogens with two attached hydrogens (primary N) is 1. The number of hydrogen-bond donors (Lipinski definition) is 2. The lowest BCUT2D eigenvalue weighted by Gasteiger charge is -2.06. The number of anilines is 1. The van der Waals surface area contributed by atoms with Crippen LogP contribution >= 0.6 is 0 Å². The molecule has 0 aliphatic carbocycles. The number of para-hydroxylation sites is 1. The lowest BCUT2D eigenvalue weighted by atomic mass is 10.1. The Hall–Kier alpha value is -3.35. The molecule has 0 fully saturated rings. The number of amides is 1. The molecule has 1 amide bonds. The maximum absolute atomic E-state index is 11.6. The standard InChI is InChI=1S/C18H19N3O4/c19-16-11-6-10-15(17(16)21(23)24)9-4-5-12-20-18(22)25-13-14-7-2-1-3-8-14/h1-4,6-11H,5,12-13,19H2,(H,20,22). The van der Waals surface area contributed by atoms with E-state index in [2.05, 4.69) is 5.32 Å². The molecular weight excluding hydrogens is 322 g/mol. The molecule has 0 bridgehead atoms. The maximum atomic E-state index is 11.6. The monoisotopic (exact) mass is 341 g/mol. The average Bonchev–Trinajstić information content (AvgIpc) is 2.60. The molecule has 2 aromatic carbocycles. The predicted molar refractivity (Wildman–Crippen MR) is 95.8 cm³/mol. The van der Waals surface area contributed by atoms with Crippen LogP contribution in [0.5, 0.6) is 0 Å². The molecule has 2 aromatic rings. The van der Waals surface area contributed by atoms with Crippen LogP contribution in [0.4, 0.5) is 16.2 Å². The largest absolute Gasteiger partial charge is 0.445 e. The fourth-order valence-electron chi connectivity index (χ4n) is 2.17. The first-order chi connectivity index (χ1) is 12.1. The summed E-state index contributed by atoms with van der Waals surface area (Å²) in [5, 5.41) is 13.6. The number of nitro groups is 1. The first kappa shape index (κ1) is 18.0. The molecule has 0 spiro atoms. The SMILES string of the molecule is Nc1cccc(C=CCCNC(=O)OCc2ccccc2)c1[N+](=O)[O-]. The Morgan fingerprint density at radius 1 is 1.20 bits per heavy atom. The van der Waals surface area contributed by atoms with Gasteiger partial charge in [-0.25, -0.2) is 4.79 Å². The molecule has 0 atom stereocenters. The zero-order chi connectivity index (χ0) is 18.1. The van der Waals surface area contributed by atoms with Gasteiger partial charge in [0.2, 0.25) is 0 Å². The smallest absolute Gasteiger partial charge is 0.407 e. The highest BCUT2D eigenvalue weighted by Gasteiger charge is 2.15. The van der Waals surface area contributed by atoms with E-state index in [9.17, 15) is 14.9 Å². The minimum atomic E-state index is -0.507. The Kier molecular flexibility index (Phi) is 6.53. The minimum Gasteiger partial charge on any atom is -0.445 e. The number of nitrogen functional groups attached to an aromatic ring is 1. The van der Waals surface area contributed by atoms with Crippen molar-refractivity contribution < 1.29 is 14.5 Å².